The number of carbonyl (C=O) groups is 1. The van der Waals surface area contributed by atoms with E-state index in [1.165, 1.54) is 19.3 Å². The standard InChI is InChI=1S/C20H34O4/c1-2-3-4-5-9-12-15-18(21)19(22)16-13-10-7-6-8-11-14-17-20(23)24/h6,8-10,12-13,18-19,21-22H,2-5,7,11,14-17H2,1H3,(H,23,24)/b8-6+,12-9+,13-10+. The number of aliphatic hydroxyl groups excluding tert-OH is 2. The highest BCUT2D eigenvalue weighted by atomic mass is 16.4. The molecule has 0 aromatic carbocycles. The van der Waals surface area contributed by atoms with Crippen molar-refractivity contribution in [2.45, 2.75) is 83.3 Å². The van der Waals surface area contributed by atoms with Crippen molar-refractivity contribution >= 4 is 5.97 Å². The van der Waals surface area contributed by atoms with Gasteiger partial charge in [0.25, 0.3) is 0 Å². The van der Waals surface area contributed by atoms with Crippen molar-refractivity contribution < 1.29 is 20.1 Å². The predicted octanol–water partition coefficient (Wildman–Crippen LogP) is 4.38. The van der Waals surface area contributed by atoms with Gasteiger partial charge in [0.05, 0.1) is 12.2 Å². The van der Waals surface area contributed by atoms with Crippen LogP contribution in [0.3, 0.4) is 0 Å². The molecular weight excluding hydrogens is 304 g/mol. The second kappa shape index (κ2) is 16.5. The summed E-state index contributed by atoms with van der Waals surface area (Å²) in [6.07, 6.45) is 18.3. The van der Waals surface area contributed by atoms with Gasteiger partial charge >= 0.3 is 5.97 Å². The van der Waals surface area contributed by atoms with Crippen LogP contribution in [0.4, 0.5) is 0 Å². The highest BCUT2D eigenvalue weighted by Gasteiger charge is 2.12. The molecule has 0 saturated heterocycles. The van der Waals surface area contributed by atoms with Crippen LogP contribution >= 0.6 is 0 Å². The molecule has 0 aromatic rings. The predicted molar refractivity (Wildman–Crippen MR) is 98.9 cm³/mol. The Morgan fingerprint density at radius 1 is 0.833 bits per heavy atom. The fraction of sp³-hybridized carbons (Fsp3) is 0.650. The van der Waals surface area contributed by atoms with Gasteiger partial charge in [-0.3, -0.25) is 4.79 Å². The van der Waals surface area contributed by atoms with Crippen LogP contribution in [0.5, 0.6) is 0 Å². The summed E-state index contributed by atoms with van der Waals surface area (Å²) in [6.45, 7) is 2.17. The van der Waals surface area contributed by atoms with E-state index in [9.17, 15) is 15.0 Å². The van der Waals surface area contributed by atoms with Gasteiger partial charge < -0.3 is 15.3 Å². The van der Waals surface area contributed by atoms with Crippen LogP contribution < -0.4 is 0 Å². The Bertz CT molecular complexity index is 385. The first kappa shape index (κ1) is 22.6. The Morgan fingerprint density at radius 2 is 1.38 bits per heavy atom. The lowest BCUT2D eigenvalue weighted by atomic mass is 10.1. The van der Waals surface area contributed by atoms with Crippen molar-refractivity contribution in [3.63, 3.8) is 0 Å². The first-order valence-electron chi connectivity index (χ1n) is 9.10. The van der Waals surface area contributed by atoms with Crippen LogP contribution in [0.25, 0.3) is 0 Å². The molecule has 0 saturated carbocycles. The van der Waals surface area contributed by atoms with Gasteiger partial charge in [0.1, 0.15) is 0 Å². The van der Waals surface area contributed by atoms with Crippen molar-refractivity contribution in [3.8, 4) is 0 Å². The molecular formula is C20H34O4. The molecule has 24 heavy (non-hydrogen) atoms. The molecule has 0 aliphatic heterocycles. The molecule has 2 atom stereocenters. The zero-order valence-corrected chi connectivity index (χ0v) is 14.9. The zero-order chi connectivity index (χ0) is 18.0. The lowest BCUT2D eigenvalue weighted by Gasteiger charge is -2.14. The third-order valence-electron chi connectivity index (χ3n) is 3.71. The molecule has 2 unspecified atom stereocenters. The molecule has 0 aliphatic rings. The van der Waals surface area contributed by atoms with Crippen molar-refractivity contribution in [3.05, 3.63) is 36.5 Å². The van der Waals surface area contributed by atoms with Crippen LogP contribution in [-0.4, -0.2) is 33.5 Å². The highest BCUT2D eigenvalue weighted by Crippen LogP contribution is 2.07. The Kier molecular flexibility index (Phi) is 15.5. The molecule has 0 heterocycles. The number of aliphatic hydroxyl groups is 2. The van der Waals surface area contributed by atoms with E-state index >= 15 is 0 Å². The van der Waals surface area contributed by atoms with Crippen molar-refractivity contribution in [2.24, 2.45) is 0 Å². The number of rotatable bonds is 15. The van der Waals surface area contributed by atoms with Crippen LogP contribution in [0, 0.1) is 0 Å². The molecule has 0 fully saturated rings. The maximum absolute atomic E-state index is 10.3. The Balaban J connectivity index is 3.69. The molecule has 0 bridgehead atoms. The molecule has 0 rings (SSSR count). The summed E-state index contributed by atoms with van der Waals surface area (Å²) in [7, 11) is 0. The van der Waals surface area contributed by atoms with E-state index in [1.807, 2.05) is 30.4 Å². The normalized spacial score (nSPS) is 14.8. The number of carboxylic acids is 1. The van der Waals surface area contributed by atoms with Crippen molar-refractivity contribution in [1.82, 2.24) is 0 Å². The van der Waals surface area contributed by atoms with Gasteiger partial charge in [0, 0.05) is 6.42 Å². The summed E-state index contributed by atoms with van der Waals surface area (Å²) in [5, 5.41) is 28.2. The minimum Gasteiger partial charge on any atom is -0.481 e. The van der Waals surface area contributed by atoms with Crippen molar-refractivity contribution in [1.29, 1.82) is 0 Å². The first-order valence-corrected chi connectivity index (χ1v) is 9.10. The van der Waals surface area contributed by atoms with E-state index < -0.39 is 18.2 Å². The third kappa shape index (κ3) is 15.5. The minimum atomic E-state index is -0.758. The molecule has 0 amide bonds. The lowest BCUT2D eigenvalue weighted by Crippen LogP contribution is -2.24. The Hall–Kier alpha value is -1.39. The average Bonchev–Trinajstić information content (AvgIpc) is 2.55. The Morgan fingerprint density at radius 3 is 2.00 bits per heavy atom. The van der Waals surface area contributed by atoms with Crippen LogP contribution in [0.15, 0.2) is 36.5 Å². The van der Waals surface area contributed by atoms with Gasteiger partial charge in [0.2, 0.25) is 0 Å². The van der Waals surface area contributed by atoms with Gasteiger partial charge in [-0.2, -0.15) is 0 Å². The first-order chi connectivity index (χ1) is 11.6. The van der Waals surface area contributed by atoms with E-state index in [1.54, 1.807) is 0 Å². The summed E-state index contributed by atoms with van der Waals surface area (Å²) in [4.78, 5) is 10.3. The Labute approximate surface area is 146 Å². The third-order valence-corrected chi connectivity index (χ3v) is 3.71. The lowest BCUT2D eigenvalue weighted by molar-refractivity contribution is -0.137. The van der Waals surface area contributed by atoms with Crippen molar-refractivity contribution in [2.75, 3.05) is 0 Å². The van der Waals surface area contributed by atoms with E-state index in [4.69, 9.17) is 5.11 Å². The summed E-state index contributed by atoms with van der Waals surface area (Å²) in [6, 6.07) is 0. The van der Waals surface area contributed by atoms with E-state index in [2.05, 4.69) is 13.0 Å². The number of hydrogen-bond donors (Lipinski definition) is 3. The van der Waals surface area contributed by atoms with Gasteiger partial charge in [-0.25, -0.2) is 0 Å². The molecule has 0 aliphatic carbocycles. The summed E-state index contributed by atoms with van der Waals surface area (Å²) >= 11 is 0. The quantitative estimate of drug-likeness (QED) is 0.306. The van der Waals surface area contributed by atoms with E-state index in [0.717, 1.165) is 19.3 Å². The fourth-order valence-electron chi connectivity index (χ4n) is 2.18. The van der Waals surface area contributed by atoms with E-state index in [-0.39, 0.29) is 6.42 Å². The maximum atomic E-state index is 10.3. The molecule has 3 N–H and O–H groups in total. The largest absolute Gasteiger partial charge is 0.481 e. The second-order valence-electron chi connectivity index (χ2n) is 6.04. The van der Waals surface area contributed by atoms with Crippen LogP contribution in [0.1, 0.15) is 71.1 Å². The van der Waals surface area contributed by atoms with Gasteiger partial charge in [-0.1, -0.05) is 56.2 Å². The SMILES string of the molecule is CCCCC/C=C/CC(O)C(O)C/C=C/C/C=C/CCCC(=O)O. The summed E-state index contributed by atoms with van der Waals surface area (Å²) in [5.74, 6) is -0.758. The monoisotopic (exact) mass is 338 g/mol. The topological polar surface area (TPSA) is 77.8 Å². The molecule has 4 heteroatoms. The van der Waals surface area contributed by atoms with Crippen LogP contribution in [-0.2, 0) is 4.79 Å². The minimum absolute atomic E-state index is 0.206. The number of unbranched alkanes of at least 4 members (excludes halogenated alkanes) is 4. The molecule has 0 radical (unpaired) electrons. The molecule has 0 spiro atoms. The van der Waals surface area contributed by atoms with Gasteiger partial charge in [0.15, 0.2) is 0 Å². The number of aliphatic carboxylic acids is 1. The second-order valence-corrected chi connectivity index (χ2v) is 6.04. The van der Waals surface area contributed by atoms with Crippen LogP contribution in [0.2, 0.25) is 0 Å². The smallest absolute Gasteiger partial charge is 0.303 e. The van der Waals surface area contributed by atoms with Gasteiger partial charge in [-0.05, 0) is 44.9 Å². The number of allylic oxidation sites excluding steroid dienone is 4. The number of carboxylic acid groups (broad SMARTS) is 1. The summed E-state index contributed by atoms with van der Waals surface area (Å²) in [5.41, 5.74) is 0. The fourth-order valence-corrected chi connectivity index (χ4v) is 2.18. The maximum Gasteiger partial charge on any atom is 0.303 e. The van der Waals surface area contributed by atoms with E-state index in [0.29, 0.717) is 19.3 Å². The molecule has 4 nitrogen and oxygen atoms in total. The number of hydrogen-bond acceptors (Lipinski definition) is 3. The summed E-state index contributed by atoms with van der Waals surface area (Å²) < 4.78 is 0. The zero-order valence-electron chi connectivity index (χ0n) is 14.9. The highest BCUT2D eigenvalue weighted by molar-refractivity contribution is 5.66. The van der Waals surface area contributed by atoms with Gasteiger partial charge in [-0.15, -0.1) is 0 Å². The average molecular weight is 338 g/mol. The molecule has 138 valence electrons. The molecule has 0 aromatic heterocycles.